The molecule has 1 aromatic rings. The summed E-state index contributed by atoms with van der Waals surface area (Å²) in [6.07, 6.45) is 5.51. The van der Waals surface area contributed by atoms with Crippen LogP contribution in [0.5, 0.6) is 0 Å². The van der Waals surface area contributed by atoms with Crippen LogP contribution in [-0.2, 0) is 9.47 Å². The van der Waals surface area contributed by atoms with Gasteiger partial charge in [0.2, 0.25) is 0 Å². The highest BCUT2D eigenvalue weighted by atomic mass is 79.9. The van der Waals surface area contributed by atoms with Gasteiger partial charge in [0.25, 0.3) is 5.91 Å². The third-order valence-corrected chi connectivity index (χ3v) is 6.58. The molecule has 0 aromatic heterocycles. The monoisotopic (exact) mass is 422 g/mol. The standard InChI is InChI=1S/C20H27BrN2O3/c1-22(19(24)15-6-8-16(21)9-7-15)18-17(23-11-2-3-12-23)5-4-10-20(18)25-13-14-26-20/h6-9,17-18H,2-5,10-14H2,1H3. The van der Waals surface area contributed by atoms with E-state index in [0.717, 1.165) is 36.8 Å². The van der Waals surface area contributed by atoms with Crippen molar-refractivity contribution in [2.75, 3.05) is 33.4 Å². The third-order valence-electron chi connectivity index (χ3n) is 6.05. The minimum absolute atomic E-state index is 0.0343. The summed E-state index contributed by atoms with van der Waals surface area (Å²) in [4.78, 5) is 17.7. The molecule has 142 valence electrons. The largest absolute Gasteiger partial charge is 0.345 e. The molecule has 0 radical (unpaired) electrons. The second-order valence-corrected chi connectivity index (χ2v) is 8.49. The summed E-state index contributed by atoms with van der Waals surface area (Å²) >= 11 is 3.44. The van der Waals surface area contributed by atoms with Crippen molar-refractivity contribution in [2.45, 2.75) is 50.0 Å². The van der Waals surface area contributed by atoms with Crippen LogP contribution in [0.3, 0.4) is 0 Å². The van der Waals surface area contributed by atoms with E-state index in [1.807, 2.05) is 36.2 Å². The molecule has 1 aromatic carbocycles. The van der Waals surface area contributed by atoms with Crippen LogP contribution in [0.4, 0.5) is 0 Å². The third kappa shape index (κ3) is 3.33. The van der Waals surface area contributed by atoms with Crippen LogP contribution >= 0.6 is 15.9 Å². The van der Waals surface area contributed by atoms with Gasteiger partial charge in [0.05, 0.1) is 13.2 Å². The van der Waals surface area contributed by atoms with Crippen LogP contribution in [-0.4, -0.2) is 66.9 Å². The van der Waals surface area contributed by atoms with Crippen LogP contribution in [0.2, 0.25) is 0 Å². The fourth-order valence-corrected chi connectivity index (χ4v) is 5.14. The molecule has 2 unspecified atom stereocenters. The molecule has 3 aliphatic rings. The van der Waals surface area contributed by atoms with Gasteiger partial charge in [0.1, 0.15) is 6.04 Å². The summed E-state index contributed by atoms with van der Waals surface area (Å²) < 4.78 is 13.3. The zero-order valence-electron chi connectivity index (χ0n) is 15.3. The van der Waals surface area contributed by atoms with Crippen LogP contribution in [0.15, 0.2) is 28.7 Å². The number of nitrogens with zero attached hydrogens (tertiary/aromatic N) is 2. The van der Waals surface area contributed by atoms with Crippen molar-refractivity contribution in [3.63, 3.8) is 0 Å². The topological polar surface area (TPSA) is 42.0 Å². The summed E-state index contributed by atoms with van der Waals surface area (Å²) in [5.41, 5.74) is 0.703. The Morgan fingerprint density at radius 2 is 1.81 bits per heavy atom. The number of halogens is 1. The van der Waals surface area contributed by atoms with E-state index in [2.05, 4.69) is 20.8 Å². The molecule has 26 heavy (non-hydrogen) atoms. The second-order valence-electron chi connectivity index (χ2n) is 7.58. The van der Waals surface area contributed by atoms with Crippen molar-refractivity contribution in [1.29, 1.82) is 0 Å². The normalized spacial score (nSPS) is 28.5. The fraction of sp³-hybridized carbons (Fsp3) is 0.650. The molecule has 2 heterocycles. The highest BCUT2D eigenvalue weighted by Crippen LogP contribution is 2.41. The average Bonchev–Trinajstić information content (AvgIpc) is 3.34. The molecule has 1 saturated carbocycles. The van der Waals surface area contributed by atoms with Gasteiger partial charge in [0, 0.05) is 29.5 Å². The molecular weight excluding hydrogens is 396 g/mol. The Balaban J connectivity index is 1.64. The van der Waals surface area contributed by atoms with Crippen molar-refractivity contribution in [3.8, 4) is 0 Å². The van der Waals surface area contributed by atoms with Crippen molar-refractivity contribution < 1.29 is 14.3 Å². The van der Waals surface area contributed by atoms with Crippen molar-refractivity contribution in [3.05, 3.63) is 34.3 Å². The molecule has 1 amide bonds. The maximum absolute atomic E-state index is 13.2. The lowest BCUT2D eigenvalue weighted by Crippen LogP contribution is -2.65. The van der Waals surface area contributed by atoms with E-state index in [1.165, 1.54) is 12.8 Å². The Bertz CT molecular complexity index is 639. The van der Waals surface area contributed by atoms with E-state index in [9.17, 15) is 4.79 Å². The Kier molecular flexibility index (Phi) is 5.37. The number of carbonyl (C=O) groups is 1. The SMILES string of the molecule is CN(C(=O)c1ccc(Br)cc1)C1C(N2CCCC2)CCCC12OCCO2. The van der Waals surface area contributed by atoms with Crippen LogP contribution < -0.4 is 0 Å². The summed E-state index contributed by atoms with van der Waals surface area (Å²) in [6.45, 7) is 3.45. The lowest BCUT2D eigenvalue weighted by Gasteiger charge is -2.50. The van der Waals surface area contributed by atoms with E-state index in [1.54, 1.807) is 0 Å². The van der Waals surface area contributed by atoms with Gasteiger partial charge < -0.3 is 14.4 Å². The Morgan fingerprint density at radius 3 is 2.46 bits per heavy atom. The lowest BCUT2D eigenvalue weighted by molar-refractivity contribution is -0.224. The predicted molar refractivity (Wildman–Crippen MR) is 103 cm³/mol. The predicted octanol–water partition coefficient (Wildman–Crippen LogP) is 3.28. The van der Waals surface area contributed by atoms with Gasteiger partial charge in [-0.3, -0.25) is 9.69 Å². The molecule has 4 rings (SSSR count). The minimum atomic E-state index is -0.648. The smallest absolute Gasteiger partial charge is 0.254 e. The van der Waals surface area contributed by atoms with E-state index in [0.29, 0.717) is 24.8 Å². The fourth-order valence-electron chi connectivity index (χ4n) is 4.87. The molecule has 1 spiro atoms. The van der Waals surface area contributed by atoms with Crippen molar-refractivity contribution in [2.24, 2.45) is 0 Å². The molecule has 2 atom stereocenters. The molecule has 2 aliphatic heterocycles. The maximum atomic E-state index is 13.2. The van der Waals surface area contributed by atoms with Crippen LogP contribution in [0.25, 0.3) is 0 Å². The molecular formula is C20H27BrN2O3. The van der Waals surface area contributed by atoms with E-state index in [-0.39, 0.29) is 11.9 Å². The zero-order chi connectivity index (χ0) is 18.1. The first-order valence-electron chi connectivity index (χ1n) is 9.65. The molecule has 2 saturated heterocycles. The molecule has 3 fully saturated rings. The number of ether oxygens (including phenoxy) is 2. The number of hydrogen-bond acceptors (Lipinski definition) is 4. The molecule has 6 heteroatoms. The maximum Gasteiger partial charge on any atom is 0.254 e. The Morgan fingerprint density at radius 1 is 1.15 bits per heavy atom. The van der Waals surface area contributed by atoms with E-state index < -0.39 is 5.79 Å². The van der Waals surface area contributed by atoms with E-state index in [4.69, 9.17) is 9.47 Å². The van der Waals surface area contributed by atoms with Crippen molar-refractivity contribution in [1.82, 2.24) is 9.80 Å². The van der Waals surface area contributed by atoms with Gasteiger partial charge in [-0.15, -0.1) is 0 Å². The Hall–Kier alpha value is -0.950. The van der Waals surface area contributed by atoms with Gasteiger partial charge in [-0.25, -0.2) is 0 Å². The second kappa shape index (κ2) is 7.58. The quantitative estimate of drug-likeness (QED) is 0.749. The summed E-state index contributed by atoms with van der Waals surface area (Å²) in [7, 11) is 1.91. The van der Waals surface area contributed by atoms with Gasteiger partial charge in [-0.1, -0.05) is 15.9 Å². The van der Waals surface area contributed by atoms with Gasteiger partial charge in [0.15, 0.2) is 5.79 Å². The van der Waals surface area contributed by atoms with Crippen LogP contribution in [0, 0.1) is 0 Å². The number of benzene rings is 1. The van der Waals surface area contributed by atoms with Gasteiger partial charge in [-0.05, 0) is 63.0 Å². The number of rotatable bonds is 3. The first kappa shape index (κ1) is 18.4. The molecule has 0 bridgehead atoms. The number of likely N-dealkylation sites (tertiary alicyclic amines) is 1. The highest BCUT2D eigenvalue weighted by molar-refractivity contribution is 9.10. The summed E-state index contributed by atoms with van der Waals surface area (Å²) in [5.74, 6) is -0.613. The minimum Gasteiger partial charge on any atom is -0.345 e. The first-order valence-corrected chi connectivity index (χ1v) is 10.4. The van der Waals surface area contributed by atoms with Gasteiger partial charge >= 0.3 is 0 Å². The molecule has 1 aliphatic carbocycles. The highest BCUT2D eigenvalue weighted by Gasteiger charge is 2.54. The van der Waals surface area contributed by atoms with Crippen molar-refractivity contribution >= 4 is 21.8 Å². The number of hydrogen-bond donors (Lipinski definition) is 0. The number of carbonyl (C=O) groups excluding carboxylic acids is 1. The van der Waals surface area contributed by atoms with Crippen LogP contribution in [0.1, 0.15) is 42.5 Å². The average molecular weight is 423 g/mol. The molecule has 5 nitrogen and oxygen atoms in total. The lowest BCUT2D eigenvalue weighted by atomic mass is 9.82. The van der Waals surface area contributed by atoms with E-state index >= 15 is 0 Å². The summed E-state index contributed by atoms with van der Waals surface area (Å²) in [5, 5.41) is 0. The Labute approximate surface area is 163 Å². The first-order chi connectivity index (χ1) is 12.6. The van der Waals surface area contributed by atoms with Gasteiger partial charge in [-0.2, -0.15) is 0 Å². The zero-order valence-corrected chi connectivity index (χ0v) is 16.9. The number of likely N-dealkylation sites (N-methyl/N-ethyl adjacent to an activating group) is 1. The summed E-state index contributed by atoms with van der Waals surface area (Å²) in [6, 6.07) is 7.80. The number of amides is 1. The molecule has 0 N–H and O–H groups in total.